The van der Waals surface area contributed by atoms with Crippen LogP contribution in [-0.2, 0) is 13.0 Å². The van der Waals surface area contributed by atoms with Gasteiger partial charge in [0.15, 0.2) is 0 Å². The van der Waals surface area contributed by atoms with Crippen LogP contribution in [0.25, 0.3) is 11.0 Å². The summed E-state index contributed by atoms with van der Waals surface area (Å²) >= 11 is 0. The van der Waals surface area contributed by atoms with Gasteiger partial charge in [0.1, 0.15) is 17.7 Å². The Kier molecular flexibility index (Phi) is 4.65. The Morgan fingerprint density at radius 2 is 2.12 bits per heavy atom. The zero-order valence-electron chi connectivity index (χ0n) is 14.6. The van der Waals surface area contributed by atoms with Gasteiger partial charge in [-0.15, -0.1) is 0 Å². The second kappa shape index (κ2) is 7.23. The van der Waals surface area contributed by atoms with Gasteiger partial charge in [0, 0.05) is 30.9 Å². The van der Waals surface area contributed by atoms with E-state index in [1.807, 2.05) is 0 Å². The van der Waals surface area contributed by atoms with Crippen molar-refractivity contribution in [2.75, 3.05) is 18.4 Å². The largest absolute Gasteiger partial charge is 0.461 e. The first-order chi connectivity index (χ1) is 12.3. The third kappa shape index (κ3) is 3.82. The average Bonchev–Trinajstić information content (AvgIpc) is 3.24. The summed E-state index contributed by atoms with van der Waals surface area (Å²) in [5, 5.41) is 4.51. The number of hydrogen-bond donors (Lipinski definition) is 1. The lowest BCUT2D eigenvalue weighted by Crippen LogP contribution is -2.28. The molecule has 1 aliphatic heterocycles. The smallest absolute Gasteiger partial charge is 0.134 e. The van der Waals surface area contributed by atoms with E-state index in [0.29, 0.717) is 6.04 Å². The van der Waals surface area contributed by atoms with E-state index < -0.39 is 0 Å². The number of rotatable bonds is 6. The van der Waals surface area contributed by atoms with E-state index in [-0.39, 0.29) is 0 Å². The molecule has 25 heavy (non-hydrogen) atoms. The minimum absolute atomic E-state index is 0.712. The van der Waals surface area contributed by atoms with Crippen LogP contribution < -0.4 is 5.32 Å². The monoisotopic (exact) mass is 336 g/mol. The number of hydrogen-bond acceptors (Lipinski definition) is 5. The van der Waals surface area contributed by atoms with Crippen molar-refractivity contribution in [3.8, 4) is 0 Å². The van der Waals surface area contributed by atoms with Crippen molar-refractivity contribution in [2.45, 2.75) is 38.8 Å². The lowest BCUT2D eigenvalue weighted by Gasteiger charge is -2.19. The molecule has 0 unspecified atom stereocenters. The SMILES string of the molecule is C[C@@H]1CCCN1CCc1cc2cc(CNc3cncnc3)ccc2o1. The fourth-order valence-electron chi connectivity index (χ4n) is 3.55. The number of nitrogens with zero attached hydrogens (tertiary/aromatic N) is 3. The molecule has 1 aromatic carbocycles. The summed E-state index contributed by atoms with van der Waals surface area (Å²) in [5.41, 5.74) is 3.11. The van der Waals surface area contributed by atoms with Crippen molar-refractivity contribution >= 4 is 16.7 Å². The average molecular weight is 336 g/mol. The van der Waals surface area contributed by atoms with E-state index in [4.69, 9.17) is 4.42 Å². The summed E-state index contributed by atoms with van der Waals surface area (Å²) < 4.78 is 6.01. The molecule has 5 heteroatoms. The van der Waals surface area contributed by atoms with Crippen LogP contribution in [-0.4, -0.2) is 34.0 Å². The number of furan rings is 1. The van der Waals surface area contributed by atoms with Crippen molar-refractivity contribution in [1.29, 1.82) is 0 Å². The van der Waals surface area contributed by atoms with E-state index in [0.717, 1.165) is 36.5 Å². The molecule has 5 nitrogen and oxygen atoms in total. The van der Waals surface area contributed by atoms with Gasteiger partial charge >= 0.3 is 0 Å². The molecule has 0 aliphatic carbocycles. The molecule has 0 amide bonds. The lowest BCUT2D eigenvalue weighted by atomic mass is 10.1. The van der Waals surface area contributed by atoms with Crippen molar-refractivity contribution in [3.05, 3.63) is 54.3 Å². The first-order valence-corrected chi connectivity index (χ1v) is 9.02. The first-order valence-electron chi connectivity index (χ1n) is 9.02. The van der Waals surface area contributed by atoms with Gasteiger partial charge in [-0.2, -0.15) is 0 Å². The number of anilines is 1. The predicted molar refractivity (Wildman–Crippen MR) is 99.5 cm³/mol. The van der Waals surface area contributed by atoms with Crippen molar-refractivity contribution in [3.63, 3.8) is 0 Å². The van der Waals surface area contributed by atoms with Crippen LogP contribution in [0.15, 0.2) is 47.4 Å². The predicted octanol–water partition coefficient (Wildman–Crippen LogP) is 3.86. The highest BCUT2D eigenvalue weighted by atomic mass is 16.3. The van der Waals surface area contributed by atoms with E-state index >= 15 is 0 Å². The van der Waals surface area contributed by atoms with E-state index in [9.17, 15) is 0 Å². The van der Waals surface area contributed by atoms with Gasteiger partial charge in [-0.05, 0) is 50.1 Å². The van der Waals surface area contributed by atoms with Crippen molar-refractivity contribution in [1.82, 2.24) is 14.9 Å². The van der Waals surface area contributed by atoms with Gasteiger partial charge in [0.05, 0.1) is 18.1 Å². The lowest BCUT2D eigenvalue weighted by molar-refractivity contribution is 0.266. The summed E-state index contributed by atoms with van der Waals surface area (Å²) in [4.78, 5) is 10.6. The summed E-state index contributed by atoms with van der Waals surface area (Å²) in [7, 11) is 0. The minimum atomic E-state index is 0.712. The molecule has 1 aliphatic rings. The van der Waals surface area contributed by atoms with Gasteiger partial charge in [0.25, 0.3) is 0 Å². The van der Waals surface area contributed by atoms with E-state index in [1.165, 1.54) is 36.7 Å². The molecule has 3 aromatic rings. The number of fused-ring (bicyclic) bond motifs is 1. The third-order valence-corrected chi connectivity index (χ3v) is 5.02. The van der Waals surface area contributed by atoms with Crippen LogP contribution >= 0.6 is 0 Å². The van der Waals surface area contributed by atoms with Crippen LogP contribution in [0.2, 0.25) is 0 Å². The number of nitrogens with one attached hydrogen (secondary N) is 1. The highest BCUT2D eigenvalue weighted by Gasteiger charge is 2.20. The second-order valence-corrected chi connectivity index (χ2v) is 6.84. The van der Waals surface area contributed by atoms with Gasteiger partial charge in [-0.1, -0.05) is 6.07 Å². The molecule has 1 fully saturated rings. The Bertz CT molecular complexity index is 830. The third-order valence-electron chi connectivity index (χ3n) is 5.02. The van der Waals surface area contributed by atoms with Crippen LogP contribution in [0.5, 0.6) is 0 Å². The topological polar surface area (TPSA) is 54.2 Å². The summed E-state index contributed by atoms with van der Waals surface area (Å²) in [5.74, 6) is 1.08. The molecule has 4 rings (SSSR count). The zero-order valence-corrected chi connectivity index (χ0v) is 14.6. The standard InChI is InChI=1S/C20H24N4O/c1-15-3-2-7-24(15)8-6-19-10-17-9-16(4-5-20(17)25-19)11-23-18-12-21-14-22-13-18/h4-5,9-10,12-15,23H,2-3,6-8,11H2,1H3/t15-/m1/s1. The highest BCUT2D eigenvalue weighted by Crippen LogP contribution is 2.23. The Morgan fingerprint density at radius 3 is 2.92 bits per heavy atom. The number of aromatic nitrogens is 2. The first kappa shape index (κ1) is 16.1. The minimum Gasteiger partial charge on any atom is -0.461 e. The maximum atomic E-state index is 6.01. The molecule has 0 saturated carbocycles. The number of benzene rings is 1. The molecule has 0 bridgehead atoms. The summed E-state index contributed by atoms with van der Waals surface area (Å²) in [6, 6.07) is 9.26. The van der Waals surface area contributed by atoms with Crippen LogP contribution in [0, 0.1) is 0 Å². The zero-order chi connectivity index (χ0) is 17.1. The molecular weight excluding hydrogens is 312 g/mol. The Morgan fingerprint density at radius 1 is 1.24 bits per heavy atom. The van der Waals surface area contributed by atoms with Crippen LogP contribution in [0.1, 0.15) is 31.1 Å². The maximum Gasteiger partial charge on any atom is 0.134 e. The fraction of sp³-hybridized carbons (Fsp3) is 0.400. The van der Waals surface area contributed by atoms with E-state index in [1.54, 1.807) is 12.4 Å². The normalized spacial score (nSPS) is 18.0. The Balaban J connectivity index is 1.40. The molecule has 0 radical (unpaired) electrons. The molecule has 3 heterocycles. The molecule has 1 saturated heterocycles. The van der Waals surface area contributed by atoms with Crippen LogP contribution in [0.4, 0.5) is 5.69 Å². The molecule has 1 atom stereocenters. The molecule has 130 valence electrons. The second-order valence-electron chi connectivity index (χ2n) is 6.84. The van der Waals surface area contributed by atoms with Gasteiger partial charge < -0.3 is 14.6 Å². The maximum absolute atomic E-state index is 6.01. The quantitative estimate of drug-likeness (QED) is 0.741. The van der Waals surface area contributed by atoms with Crippen molar-refractivity contribution in [2.24, 2.45) is 0 Å². The molecule has 0 spiro atoms. The highest BCUT2D eigenvalue weighted by molar-refractivity contribution is 5.78. The molecular formula is C20H24N4O. The fourth-order valence-corrected chi connectivity index (χ4v) is 3.55. The van der Waals surface area contributed by atoms with Gasteiger partial charge in [-0.25, -0.2) is 9.97 Å². The van der Waals surface area contributed by atoms with Gasteiger partial charge in [-0.3, -0.25) is 0 Å². The van der Waals surface area contributed by atoms with Crippen LogP contribution in [0.3, 0.4) is 0 Å². The summed E-state index contributed by atoms with van der Waals surface area (Å²) in [6.07, 6.45) is 8.72. The number of likely N-dealkylation sites (tertiary alicyclic amines) is 1. The molecule has 1 N–H and O–H groups in total. The summed E-state index contributed by atoms with van der Waals surface area (Å²) in [6.45, 7) is 5.38. The van der Waals surface area contributed by atoms with Gasteiger partial charge in [0.2, 0.25) is 0 Å². The molecule has 2 aromatic heterocycles. The Labute approximate surface area is 148 Å². The van der Waals surface area contributed by atoms with Crippen molar-refractivity contribution < 1.29 is 4.42 Å². The Hall–Kier alpha value is -2.40. The van der Waals surface area contributed by atoms with E-state index in [2.05, 4.69) is 51.4 Å².